The van der Waals surface area contributed by atoms with Crippen molar-refractivity contribution in [2.45, 2.75) is 12.1 Å². The number of anilines is 1. The Morgan fingerprint density at radius 2 is 2.03 bits per heavy atom. The van der Waals surface area contributed by atoms with E-state index >= 15 is 0 Å². The van der Waals surface area contributed by atoms with E-state index in [1.54, 1.807) is 25.3 Å². The first-order chi connectivity index (χ1) is 14.6. The number of rotatable bonds is 5. The van der Waals surface area contributed by atoms with Gasteiger partial charge in [-0.15, -0.1) is 10.2 Å². The number of fused-ring (bicyclic) bond motifs is 4. The van der Waals surface area contributed by atoms with Gasteiger partial charge >= 0.3 is 0 Å². The standard InChI is InChI=1S/C21H18N4O4S/c1-12-7-13-3-5-15(27-2)9-16(13)25-20(12)23-24-21(25)30-10-19(26)22-14-4-6-17-18(8-14)29-11-28-17/h3-9H,10-11H2,1-2H3,(H,22,26). The van der Waals surface area contributed by atoms with Crippen molar-refractivity contribution >= 4 is 39.9 Å². The normalized spacial score (nSPS) is 12.5. The molecule has 3 heterocycles. The molecule has 2 aromatic heterocycles. The van der Waals surface area contributed by atoms with Gasteiger partial charge in [-0.05, 0) is 48.2 Å². The van der Waals surface area contributed by atoms with Crippen molar-refractivity contribution in [2.75, 3.05) is 25.0 Å². The van der Waals surface area contributed by atoms with Gasteiger partial charge < -0.3 is 19.5 Å². The van der Waals surface area contributed by atoms with Gasteiger partial charge in [0.1, 0.15) is 5.75 Å². The zero-order valence-electron chi connectivity index (χ0n) is 16.3. The van der Waals surface area contributed by atoms with Crippen LogP contribution in [0.2, 0.25) is 0 Å². The molecule has 1 amide bonds. The third kappa shape index (κ3) is 3.26. The zero-order valence-corrected chi connectivity index (χ0v) is 17.2. The maximum atomic E-state index is 12.5. The highest BCUT2D eigenvalue weighted by Crippen LogP contribution is 2.34. The van der Waals surface area contributed by atoms with Gasteiger partial charge in [0.15, 0.2) is 22.3 Å². The van der Waals surface area contributed by atoms with E-state index in [-0.39, 0.29) is 18.5 Å². The minimum Gasteiger partial charge on any atom is -0.497 e. The molecule has 5 rings (SSSR count). The Balaban J connectivity index is 1.39. The lowest BCUT2D eigenvalue weighted by Gasteiger charge is -2.09. The highest BCUT2D eigenvalue weighted by Gasteiger charge is 2.16. The van der Waals surface area contributed by atoms with Gasteiger partial charge in [0.25, 0.3) is 0 Å². The molecule has 0 saturated heterocycles. The average molecular weight is 422 g/mol. The molecule has 0 fully saturated rings. The maximum Gasteiger partial charge on any atom is 0.234 e. The number of methoxy groups -OCH3 is 1. The van der Waals surface area contributed by atoms with E-state index < -0.39 is 0 Å². The molecule has 8 nitrogen and oxygen atoms in total. The first-order valence-corrected chi connectivity index (χ1v) is 10.3. The van der Waals surface area contributed by atoms with Crippen LogP contribution in [-0.2, 0) is 4.79 Å². The topological polar surface area (TPSA) is 87.0 Å². The van der Waals surface area contributed by atoms with Crippen molar-refractivity contribution in [3.63, 3.8) is 0 Å². The number of ether oxygens (including phenoxy) is 3. The fraction of sp³-hybridized carbons (Fsp3) is 0.190. The molecule has 0 aliphatic carbocycles. The SMILES string of the molecule is COc1ccc2cc(C)c3nnc(SCC(=O)Nc4ccc5c(c4)OCO5)n3c2c1. The van der Waals surface area contributed by atoms with Crippen molar-refractivity contribution in [1.29, 1.82) is 0 Å². The van der Waals surface area contributed by atoms with E-state index in [9.17, 15) is 4.79 Å². The maximum absolute atomic E-state index is 12.5. The van der Waals surface area contributed by atoms with E-state index in [0.717, 1.165) is 27.9 Å². The molecule has 1 aliphatic rings. The molecule has 0 radical (unpaired) electrons. The van der Waals surface area contributed by atoms with Gasteiger partial charge in [-0.3, -0.25) is 9.20 Å². The van der Waals surface area contributed by atoms with Crippen molar-refractivity contribution < 1.29 is 19.0 Å². The Morgan fingerprint density at radius 3 is 2.90 bits per heavy atom. The highest BCUT2D eigenvalue weighted by atomic mass is 32.2. The number of nitrogens with one attached hydrogen (secondary N) is 1. The predicted octanol–water partition coefficient (Wildman–Crippen LogP) is 3.66. The molecule has 30 heavy (non-hydrogen) atoms. The second kappa shape index (κ2) is 7.42. The van der Waals surface area contributed by atoms with Crippen LogP contribution in [0.4, 0.5) is 5.69 Å². The Bertz CT molecular complexity index is 1290. The summed E-state index contributed by atoms with van der Waals surface area (Å²) in [5.74, 6) is 2.09. The average Bonchev–Trinajstić information content (AvgIpc) is 3.39. The number of pyridine rings is 1. The second-order valence-electron chi connectivity index (χ2n) is 6.80. The predicted molar refractivity (Wildman–Crippen MR) is 114 cm³/mol. The van der Waals surface area contributed by atoms with Crippen molar-refractivity contribution in [3.05, 3.63) is 48.0 Å². The molecule has 9 heteroatoms. The van der Waals surface area contributed by atoms with Gasteiger partial charge in [-0.2, -0.15) is 0 Å². The van der Waals surface area contributed by atoms with Crippen molar-refractivity contribution in [1.82, 2.24) is 14.6 Å². The van der Waals surface area contributed by atoms with Crippen LogP contribution < -0.4 is 19.5 Å². The second-order valence-corrected chi connectivity index (χ2v) is 7.74. The molecule has 0 saturated carbocycles. The summed E-state index contributed by atoms with van der Waals surface area (Å²) in [7, 11) is 1.63. The van der Waals surface area contributed by atoms with E-state index in [2.05, 4.69) is 21.6 Å². The molecular formula is C21H18N4O4S. The van der Waals surface area contributed by atoms with Gasteiger partial charge in [0.2, 0.25) is 12.7 Å². The first kappa shape index (κ1) is 18.6. The van der Waals surface area contributed by atoms with Gasteiger partial charge in [0.05, 0.1) is 18.4 Å². The summed E-state index contributed by atoms with van der Waals surface area (Å²) in [6.07, 6.45) is 0. The van der Waals surface area contributed by atoms with E-state index in [1.165, 1.54) is 11.8 Å². The van der Waals surface area contributed by atoms with Crippen LogP contribution in [0.3, 0.4) is 0 Å². The monoisotopic (exact) mass is 422 g/mol. The van der Waals surface area contributed by atoms with Crippen molar-refractivity contribution in [3.8, 4) is 17.2 Å². The van der Waals surface area contributed by atoms with Crippen LogP contribution in [0.1, 0.15) is 5.56 Å². The van der Waals surface area contributed by atoms with Gasteiger partial charge in [-0.25, -0.2) is 0 Å². The summed E-state index contributed by atoms with van der Waals surface area (Å²) in [5, 5.41) is 13.2. The third-order valence-electron chi connectivity index (χ3n) is 4.83. The summed E-state index contributed by atoms with van der Waals surface area (Å²) < 4.78 is 18.0. The number of hydrogen-bond acceptors (Lipinski definition) is 7. The van der Waals surface area contributed by atoms with E-state index in [0.29, 0.717) is 22.3 Å². The molecule has 0 atom stereocenters. The zero-order chi connectivity index (χ0) is 20.7. The number of aryl methyl sites for hydroxylation is 1. The number of carbonyl (C=O) groups is 1. The van der Waals surface area contributed by atoms with Crippen LogP contribution in [-0.4, -0.2) is 40.2 Å². The summed E-state index contributed by atoms with van der Waals surface area (Å²) in [6, 6.07) is 13.2. The Labute approximate surface area is 176 Å². The highest BCUT2D eigenvalue weighted by molar-refractivity contribution is 7.99. The number of carbonyl (C=O) groups excluding carboxylic acids is 1. The van der Waals surface area contributed by atoms with Crippen molar-refractivity contribution in [2.24, 2.45) is 0 Å². The molecule has 152 valence electrons. The van der Waals surface area contributed by atoms with Gasteiger partial charge in [0, 0.05) is 17.8 Å². The van der Waals surface area contributed by atoms with Gasteiger partial charge in [-0.1, -0.05) is 11.8 Å². The summed E-state index contributed by atoms with van der Waals surface area (Å²) in [5.41, 5.74) is 3.35. The van der Waals surface area contributed by atoms with E-state index in [4.69, 9.17) is 14.2 Å². The smallest absolute Gasteiger partial charge is 0.234 e. The largest absolute Gasteiger partial charge is 0.497 e. The number of thioether (sulfide) groups is 1. The fourth-order valence-corrected chi connectivity index (χ4v) is 4.15. The lowest BCUT2D eigenvalue weighted by atomic mass is 10.1. The van der Waals surface area contributed by atoms with Crippen LogP contribution in [0.15, 0.2) is 47.6 Å². The Hall–Kier alpha value is -3.46. The number of amides is 1. The quantitative estimate of drug-likeness (QED) is 0.491. The summed E-state index contributed by atoms with van der Waals surface area (Å²) in [4.78, 5) is 12.5. The molecule has 1 N–H and O–H groups in total. The summed E-state index contributed by atoms with van der Waals surface area (Å²) in [6.45, 7) is 2.19. The third-order valence-corrected chi connectivity index (χ3v) is 5.75. The van der Waals surface area contributed by atoms with Crippen LogP contribution >= 0.6 is 11.8 Å². The minimum absolute atomic E-state index is 0.148. The molecular weight excluding hydrogens is 404 g/mol. The number of aromatic nitrogens is 3. The Morgan fingerprint density at radius 1 is 1.17 bits per heavy atom. The van der Waals surface area contributed by atoms with E-state index in [1.807, 2.05) is 29.5 Å². The summed E-state index contributed by atoms with van der Waals surface area (Å²) >= 11 is 1.33. The number of hydrogen-bond donors (Lipinski definition) is 1. The molecule has 0 bridgehead atoms. The van der Waals surface area contributed by atoms with Crippen LogP contribution in [0.25, 0.3) is 16.6 Å². The molecule has 4 aromatic rings. The molecule has 1 aliphatic heterocycles. The first-order valence-electron chi connectivity index (χ1n) is 9.27. The molecule has 2 aromatic carbocycles. The Kier molecular flexibility index (Phi) is 4.59. The van der Waals surface area contributed by atoms with Crippen LogP contribution in [0, 0.1) is 6.92 Å². The number of nitrogens with zero attached hydrogens (tertiary/aromatic N) is 3. The molecule has 0 unspecified atom stereocenters. The number of benzene rings is 2. The van der Waals surface area contributed by atoms with Crippen LogP contribution in [0.5, 0.6) is 17.2 Å². The lowest BCUT2D eigenvalue weighted by molar-refractivity contribution is -0.113. The fourth-order valence-electron chi connectivity index (χ4n) is 3.40. The minimum atomic E-state index is -0.148. The molecule has 0 spiro atoms. The lowest BCUT2D eigenvalue weighted by Crippen LogP contribution is -2.14.